The van der Waals surface area contributed by atoms with Gasteiger partial charge >= 0.3 is 5.97 Å². The number of nitrogens with zero attached hydrogens (tertiary/aromatic N) is 1. The first-order valence-electron chi connectivity index (χ1n) is 9.85. The Balaban J connectivity index is 1.56. The van der Waals surface area contributed by atoms with E-state index in [0.29, 0.717) is 6.42 Å². The van der Waals surface area contributed by atoms with Crippen molar-refractivity contribution in [3.8, 4) is 11.5 Å². The van der Waals surface area contributed by atoms with Crippen LogP contribution >= 0.6 is 11.9 Å². The predicted molar refractivity (Wildman–Crippen MR) is 119 cm³/mol. The summed E-state index contributed by atoms with van der Waals surface area (Å²) >= 11 is 1.58. The normalized spacial score (nSPS) is 13.3. The van der Waals surface area contributed by atoms with Crippen LogP contribution in [-0.2, 0) is 11.2 Å². The summed E-state index contributed by atoms with van der Waals surface area (Å²) in [6.45, 7) is 0. The number of carboxylic acids is 1. The second kappa shape index (κ2) is 9.13. The van der Waals surface area contributed by atoms with Crippen LogP contribution in [0.25, 0.3) is 10.9 Å². The van der Waals surface area contributed by atoms with Crippen molar-refractivity contribution in [1.82, 2.24) is 3.97 Å². The largest absolute Gasteiger partial charge is 0.497 e. The third-order valence-corrected chi connectivity index (χ3v) is 5.87. The summed E-state index contributed by atoms with van der Waals surface area (Å²) in [5, 5.41) is 10.1. The zero-order valence-electron chi connectivity index (χ0n) is 16.7. The minimum absolute atomic E-state index is 0.0946. The summed E-state index contributed by atoms with van der Waals surface area (Å²) in [6, 6.07) is 13.9. The Bertz CT molecular complexity index is 1110. The number of aromatic nitrogens is 1. The molecule has 0 fully saturated rings. The van der Waals surface area contributed by atoms with Crippen molar-refractivity contribution in [3.63, 3.8) is 0 Å². The highest BCUT2D eigenvalue weighted by Gasteiger charge is 2.12. The van der Waals surface area contributed by atoms with Crippen molar-refractivity contribution in [2.24, 2.45) is 0 Å². The number of fused-ring (bicyclic) bond motifs is 1. The Labute approximate surface area is 179 Å². The van der Waals surface area contributed by atoms with Gasteiger partial charge in [-0.3, -0.25) is 8.77 Å². The third kappa shape index (κ3) is 4.71. The van der Waals surface area contributed by atoms with Crippen molar-refractivity contribution < 1.29 is 19.4 Å². The average molecular weight is 422 g/mol. The van der Waals surface area contributed by atoms with Crippen LogP contribution in [0.15, 0.2) is 77.5 Å². The van der Waals surface area contributed by atoms with E-state index in [4.69, 9.17) is 14.6 Å². The molecule has 0 bridgehead atoms. The van der Waals surface area contributed by atoms with Crippen LogP contribution < -0.4 is 9.47 Å². The van der Waals surface area contributed by atoms with Crippen LogP contribution in [0.2, 0.25) is 0 Å². The van der Waals surface area contributed by atoms with Crippen LogP contribution in [0.3, 0.4) is 0 Å². The molecule has 5 nitrogen and oxygen atoms in total. The van der Waals surface area contributed by atoms with Gasteiger partial charge in [0.05, 0.1) is 12.6 Å². The molecule has 0 radical (unpaired) electrons. The number of methoxy groups -OCH3 is 1. The number of hydrogen-bond acceptors (Lipinski definition) is 4. The molecule has 0 saturated carbocycles. The summed E-state index contributed by atoms with van der Waals surface area (Å²) in [6.07, 6.45) is 10.9. The quantitative estimate of drug-likeness (QED) is 0.495. The third-order valence-electron chi connectivity index (χ3n) is 4.89. The fourth-order valence-corrected chi connectivity index (χ4v) is 4.29. The summed E-state index contributed by atoms with van der Waals surface area (Å²) in [4.78, 5) is 12.1. The number of aryl methyl sites for hydroxylation is 1. The van der Waals surface area contributed by atoms with Crippen LogP contribution in [-0.4, -0.2) is 22.2 Å². The molecule has 0 amide bonds. The zero-order chi connectivity index (χ0) is 20.9. The van der Waals surface area contributed by atoms with Crippen LogP contribution in [0, 0.1) is 0 Å². The number of aliphatic carboxylic acids is 1. The Hall–Kier alpha value is -3.12. The average Bonchev–Trinajstić information content (AvgIpc) is 3.11. The lowest BCUT2D eigenvalue weighted by molar-refractivity contribution is -0.136. The SMILES string of the molecule is COc1ccc2c(c1)c(CCC(=O)O)cn2Sc1ccc(OC2=CCCC=C2)cc1. The van der Waals surface area contributed by atoms with E-state index in [9.17, 15) is 4.79 Å². The van der Waals surface area contributed by atoms with E-state index in [2.05, 4.69) is 16.1 Å². The van der Waals surface area contributed by atoms with Gasteiger partial charge in [0.25, 0.3) is 0 Å². The summed E-state index contributed by atoms with van der Waals surface area (Å²) in [5.41, 5.74) is 2.02. The van der Waals surface area contributed by atoms with Crippen molar-refractivity contribution in [1.29, 1.82) is 0 Å². The second-order valence-corrected chi connectivity index (χ2v) is 8.06. The van der Waals surface area contributed by atoms with E-state index in [-0.39, 0.29) is 6.42 Å². The lowest BCUT2D eigenvalue weighted by atomic mass is 10.1. The highest BCUT2D eigenvalue weighted by atomic mass is 32.2. The molecule has 1 N–H and O–H groups in total. The minimum Gasteiger partial charge on any atom is -0.497 e. The number of benzene rings is 2. The molecular formula is C24H23NO4S. The molecule has 30 heavy (non-hydrogen) atoms. The molecule has 1 aromatic heterocycles. The molecule has 0 saturated heterocycles. The van der Waals surface area contributed by atoms with Crippen LogP contribution in [0.5, 0.6) is 11.5 Å². The van der Waals surface area contributed by atoms with Gasteiger partial charge in [0.1, 0.15) is 17.3 Å². The molecule has 0 aliphatic heterocycles. The van der Waals surface area contributed by atoms with Crippen molar-refractivity contribution in [2.45, 2.75) is 30.6 Å². The summed E-state index contributed by atoms with van der Waals surface area (Å²) in [5.74, 6) is 1.65. The topological polar surface area (TPSA) is 60.7 Å². The Morgan fingerprint density at radius 2 is 1.93 bits per heavy atom. The maximum absolute atomic E-state index is 11.0. The Kier molecular flexibility index (Phi) is 6.14. The lowest BCUT2D eigenvalue weighted by Gasteiger charge is -2.10. The van der Waals surface area contributed by atoms with Gasteiger partial charge in [-0.25, -0.2) is 0 Å². The summed E-state index contributed by atoms with van der Waals surface area (Å²) in [7, 11) is 1.63. The van der Waals surface area contributed by atoms with E-state index in [1.54, 1.807) is 19.1 Å². The first-order chi connectivity index (χ1) is 14.6. The fourth-order valence-electron chi connectivity index (χ4n) is 3.37. The smallest absolute Gasteiger partial charge is 0.303 e. The van der Waals surface area contributed by atoms with Gasteiger partial charge in [0, 0.05) is 22.9 Å². The van der Waals surface area contributed by atoms with Crippen LogP contribution in [0.1, 0.15) is 24.8 Å². The number of ether oxygens (including phenoxy) is 2. The van der Waals surface area contributed by atoms with Gasteiger partial charge in [-0.1, -0.05) is 6.08 Å². The highest BCUT2D eigenvalue weighted by Crippen LogP contribution is 2.33. The van der Waals surface area contributed by atoms with Gasteiger partial charge in [0.2, 0.25) is 0 Å². The van der Waals surface area contributed by atoms with Gasteiger partial charge < -0.3 is 14.6 Å². The molecule has 0 spiro atoms. The molecule has 1 aliphatic rings. The van der Waals surface area contributed by atoms with Gasteiger partial charge in [-0.15, -0.1) is 0 Å². The molecule has 0 atom stereocenters. The molecule has 2 aromatic carbocycles. The molecule has 3 aromatic rings. The van der Waals surface area contributed by atoms with E-state index >= 15 is 0 Å². The van der Waals surface area contributed by atoms with Crippen LogP contribution in [0.4, 0.5) is 0 Å². The fraction of sp³-hybridized carbons (Fsp3) is 0.208. The lowest BCUT2D eigenvalue weighted by Crippen LogP contribution is -1.96. The summed E-state index contributed by atoms with van der Waals surface area (Å²) < 4.78 is 13.3. The standard InChI is InChI=1S/C24H23NO4S/c1-28-20-10-13-23-22(15-20)17(7-14-24(26)27)16-25(23)30-21-11-8-19(9-12-21)29-18-5-3-2-4-6-18/h3,5-6,8-13,15-16H,2,4,7,14H2,1H3,(H,26,27). The monoisotopic (exact) mass is 421 g/mol. The van der Waals surface area contributed by atoms with Gasteiger partial charge in [-0.2, -0.15) is 0 Å². The number of rotatable bonds is 8. The van der Waals surface area contributed by atoms with E-state index < -0.39 is 5.97 Å². The molecular weight excluding hydrogens is 398 g/mol. The molecule has 154 valence electrons. The Morgan fingerprint density at radius 3 is 2.63 bits per heavy atom. The van der Waals surface area contributed by atoms with Gasteiger partial charge in [0.15, 0.2) is 0 Å². The van der Waals surface area contributed by atoms with Crippen molar-refractivity contribution in [2.75, 3.05) is 7.11 Å². The van der Waals surface area contributed by atoms with E-state index in [1.807, 2.05) is 54.7 Å². The van der Waals surface area contributed by atoms with E-state index in [0.717, 1.165) is 51.5 Å². The van der Waals surface area contributed by atoms with Gasteiger partial charge in [-0.05, 0) is 91.4 Å². The molecule has 6 heteroatoms. The van der Waals surface area contributed by atoms with Crippen molar-refractivity contribution >= 4 is 28.8 Å². The first kappa shape index (κ1) is 20.2. The number of allylic oxidation sites excluding steroid dienone is 3. The molecule has 4 rings (SSSR count). The minimum atomic E-state index is -0.801. The maximum Gasteiger partial charge on any atom is 0.303 e. The Morgan fingerprint density at radius 1 is 1.13 bits per heavy atom. The second-order valence-electron chi connectivity index (χ2n) is 7.01. The molecule has 0 unspecified atom stereocenters. The number of carboxylic acid groups (broad SMARTS) is 1. The number of hydrogen-bond donors (Lipinski definition) is 1. The van der Waals surface area contributed by atoms with E-state index in [1.165, 1.54) is 0 Å². The highest BCUT2D eigenvalue weighted by molar-refractivity contribution is 7.98. The molecule has 1 aliphatic carbocycles. The molecule has 1 heterocycles. The van der Waals surface area contributed by atoms with Crippen molar-refractivity contribution in [3.05, 3.63) is 78.2 Å². The first-order valence-corrected chi connectivity index (χ1v) is 10.6. The maximum atomic E-state index is 11.0. The zero-order valence-corrected chi connectivity index (χ0v) is 17.5. The number of carbonyl (C=O) groups is 1. The predicted octanol–water partition coefficient (Wildman–Crippen LogP) is 5.84.